The Morgan fingerprint density at radius 1 is 1.21 bits per heavy atom. The first kappa shape index (κ1) is 22.3. The smallest absolute Gasteiger partial charge is 0.417 e. The summed E-state index contributed by atoms with van der Waals surface area (Å²) in [5, 5.41) is 2.58. The van der Waals surface area contributed by atoms with Gasteiger partial charge in [-0.15, -0.1) is 0 Å². The number of amides is 1. The van der Waals surface area contributed by atoms with E-state index in [1.165, 1.54) is 6.07 Å². The molecule has 10 heteroatoms. The second kappa shape index (κ2) is 9.44. The van der Waals surface area contributed by atoms with Gasteiger partial charge in [0.1, 0.15) is 5.82 Å². The van der Waals surface area contributed by atoms with Crippen molar-refractivity contribution in [1.29, 1.82) is 0 Å². The van der Waals surface area contributed by atoms with Gasteiger partial charge in [0.05, 0.1) is 12.2 Å². The molecule has 156 valence electrons. The predicted octanol–water partition coefficient (Wildman–Crippen LogP) is 4.33. The molecule has 1 N–H and O–H groups in total. The standard InChI is InChI=1S/C19H19F4N3O3/c1-3-17(28)26-16-8-12(7-11(2)25-16)15(27)5-4-6-29-18-14(20)9-13(10-24-18)19(21,22)23/h7-10H,3-6H2,1-2H3,(H,25,26,28). The number of pyridine rings is 2. The third kappa shape index (κ3) is 6.51. The Labute approximate surface area is 164 Å². The summed E-state index contributed by atoms with van der Waals surface area (Å²) in [5.74, 6) is -2.00. The van der Waals surface area contributed by atoms with Gasteiger partial charge in [0.25, 0.3) is 0 Å². The number of hydrogen-bond donors (Lipinski definition) is 1. The van der Waals surface area contributed by atoms with E-state index in [-0.39, 0.29) is 43.4 Å². The quantitative estimate of drug-likeness (QED) is 0.396. The molecule has 2 aromatic rings. The molecule has 0 aromatic carbocycles. The minimum absolute atomic E-state index is 0.0485. The zero-order valence-electron chi connectivity index (χ0n) is 15.8. The van der Waals surface area contributed by atoms with Crippen LogP contribution in [0, 0.1) is 12.7 Å². The van der Waals surface area contributed by atoms with Crippen LogP contribution in [0.5, 0.6) is 5.88 Å². The zero-order valence-corrected chi connectivity index (χ0v) is 15.8. The lowest BCUT2D eigenvalue weighted by Gasteiger charge is -2.10. The number of ketones is 1. The molecule has 0 saturated carbocycles. The molecule has 2 rings (SSSR count). The molecule has 0 aliphatic carbocycles. The second-order valence-corrected chi connectivity index (χ2v) is 6.17. The summed E-state index contributed by atoms with van der Waals surface area (Å²) < 4.78 is 56.2. The highest BCUT2D eigenvalue weighted by Gasteiger charge is 2.32. The number of carbonyl (C=O) groups excluding carboxylic acids is 2. The van der Waals surface area contributed by atoms with Crippen LogP contribution in [0.25, 0.3) is 0 Å². The van der Waals surface area contributed by atoms with Crippen LogP contribution in [-0.2, 0) is 11.0 Å². The van der Waals surface area contributed by atoms with Crippen molar-refractivity contribution in [2.75, 3.05) is 11.9 Å². The van der Waals surface area contributed by atoms with E-state index in [9.17, 15) is 27.2 Å². The molecular weight excluding hydrogens is 394 g/mol. The molecule has 0 unspecified atom stereocenters. The normalized spacial score (nSPS) is 11.2. The minimum atomic E-state index is -4.70. The van der Waals surface area contributed by atoms with Gasteiger partial charge in [0, 0.05) is 30.3 Å². The molecule has 0 saturated heterocycles. The summed E-state index contributed by atoms with van der Waals surface area (Å²) in [7, 11) is 0. The van der Waals surface area contributed by atoms with Gasteiger partial charge < -0.3 is 10.1 Å². The SMILES string of the molecule is CCC(=O)Nc1cc(C(=O)CCCOc2ncc(C(F)(F)F)cc2F)cc(C)n1. The zero-order chi connectivity index (χ0) is 21.6. The van der Waals surface area contributed by atoms with Crippen molar-refractivity contribution in [3.63, 3.8) is 0 Å². The summed E-state index contributed by atoms with van der Waals surface area (Å²) in [6.07, 6.45) is -3.71. The fourth-order valence-corrected chi connectivity index (χ4v) is 2.36. The van der Waals surface area contributed by atoms with E-state index in [0.29, 0.717) is 23.5 Å². The first-order valence-electron chi connectivity index (χ1n) is 8.77. The minimum Gasteiger partial charge on any atom is -0.476 e. The molecule has 1 amide bonds. The van der Waals surface area contributed by atoms with E-state index in [0.717, 1.165) is 0 Å². The summed E-state index contributed by atoms with van der Waals surface area (Å²) in [5.41, 5.74) is -0.311. The topological polar surface area (TPSA) is 81.2 Å². The maximum absolute atomic E-state index is 13.7. The van der Waals surface area contributed by atoms with E-state index < -0.39 is 23.4 Å². The molecule has 0 spiro atoms. The number of ether oxygens (including phenoxy) is 1. The van der Waals surface area contributed by atoms with Crippen molar-refractivity contribution < 1.29 is 31.9 Å². The van der Waals surface area contributed by atoms with Crippen molar-refractivity contribution >= 4 is 17.5 Å². The summed E-state index contributed by atoms with van der Waals surface area (Å²) in [6.45, 7) is 3.26. The van der Waals surface area contributed by atoms with Crippen LogP contribution in [0.15, 0.2) is 24.4 Å². The van der Waals surface area contributed by atoms with E-state index in [2.05, 4.69) is 15.3 Å². The number of alkyl halides is 3. The van der Waals surface area contributed by atoms with Crippen molar-refractivity contribution in [2.24, 2.45) is 0 Å². The van der Waals surface area contributed by atoms with E-state index in [1.807, 2.05) is 0 Å². The van der Waals surface area contributed by atoms with Gasteiger partial charge in [-0.2, -0.15) is 13.2 Å². The highest BCUT2D eigenvalue weighted by Crippen LogP contribution is 2.30. The van der Waals surface area contributed by atoms with Gasteiger partial charge in [-0.05, 0) is 31.5 Å². The third-order valence-electron chi connectivity index (χ3n) is 3.79. The Kier molecular flexibility index (Phi) is 7.24. The first-order valence-corrected chi connectivity index (χ1v) is 8.77. The van der Waals surface area contributed by atoms with E-state index >= 15 is 0 Å². The number of aryl methyl sites for hydroxylation is 1. The monoisotopic (exact) mass is 413 g/mol. The maximum Gasteiger partial charge on any atom is 0.417 e. The van der Waals surface area contributed by atoms with E-state index in [4.69, 9.17) is 4.74 Å². The van der Waals surface area contributed by atoms with Gasteiger partial charge in [0.2, 0.25) is 11.8 Å². The number of hydrogen-bond acceptors (Lipinski definition) is 5. The van der Waals surface area contributed by atoms with Crippen molar-refractivity contribution in [1.82, 2.24) is 9.97 Å². The molecule has 0 aliphatic heterocycles. The van der Waals surface area contributed by atoms with Crippen LogP contribution in [0.1, 0.15) is 47.8 Å². The average molecular weight is 413 g/mol. The molecule has 0 radical (unpaired) electrons. The van der Waals surface area contributed by atoms with E-state index in [1.54, 1.807) is 19.9 Å². The number of Topliss-reactive ketones (excluding diaryl/α,β-unsaturated/α-hetero) is 1. The largest absolute Gasteiger partial charge is 0.476 e. The molecule has 0 atom stereocenters. The van der Waals surface area contributed by atoms with Crippen LogP contribution in [0.3, 0.4) is 0 Å². The van der Waals surface area contributed by atoms with Gasteiger partial charge in [0.15, 0.2) is 11.6 Å². The third-order valence-corrected chi connectivity index (χ3v) is 3.79. The summed E-state index contributed by atoms with van der Waals surface area (Å²) >= 11 is 0. The number of nitrogens with zero attached hydrogens (tertiary/aromatic N) is 2. The Balaban J connectivity index is 1.91. The molecule has 6 nitrogen and oxygen atoms in total. The Morgan fingerprint density at radius 2 is 1.93 bits per heavy atom. The highest BCUT2D eigenvalue weighted by atomic mass is 19.4. The Morgan fingerprint density at radius 3 is 2.55 bits per heavy atom. The van der Waals surface area contributed by atoms with Crippen LogP contribution in [0.2, 0.25) is 0 Å². The predicted molar refractivity (Wildman–Crippen MR) is 96.2 cm³/mol. The molecule has 2 heterocycles. The molecular formula is C19H19F4N3O3. The highest BCUT2D eigenvalue weighted by molar-refractivity contribution is 5.98. The van der Waals surface area contributed by atoms with Gasteiger partial charge >= 0.3 is 6.18 Å². The fraction of sp³-hybridized carbons (Fsp3) is 0.368. The van der Waals surface area contributed by atoms with Gasteiger partial charge in [-0.25, -0.2) is 14.4 Å². The lowest BCUT2D eigenvalue weighted by atomic mass is 10.1. The lowest BCUT2D eigenvalue weighted by Crippen LogP contribution is -2.12. The van der Waals surface area contributed by atoms with Crippen LogP contribution in [0.4, 0.5) is 23.4 Å². The second-order valence-electron chi connectivity index (χ2n) is 6.17. The number of rotatable bonds is 8. The lowest BCUT2D eigenvalue weighted by molar-refractivity contribution is -0.138. The summed E-state index contributed by atoms with van der Waals surface area (Å²) in [4.78, 5) is 31.3. The molecule has 0 fully saturated rings. The van der Waals surface area contributed by atoms with Crippen molar-refractivity contribution in [3.8, 4) is 5.88 Å². The first-order chi connectivity index (χ1) is 13.6. The van der Waals surface area contributed by atoms with Crippen LogP contribution < -0.4 is 10.1 Å². The summed E-state index contributed by atoms with van der Waals surface area (Å²) in [6, 6.07) is 3.34. The number of halogens is 4. The molecule has 0 bridgehead atoms. The van der Waals surface area contributed by atoms with Crippen LogP contribution in [-0.4, -0.2) is 28.3 Å². The number of anilines is 1. The Hall–Kier alpha value is -3.04. The average Bonchev–Trinajstić information content (AvgIpc) is 2.64. The Bertz CT molecular complexity index is 901. The molecule has 29 heavy (non-hydrogen) atoms. The molecule has 2 aromatic heterocycles. The fourth-order valence-electron chi connectivity index (χ4n) is 2.36. The van der Waals surface area contributed by atoms with Crippen LogP contribution >= 0.6 is 0 Å². The van der Waals surface area contributed by atoms with Gasteiger partial charge in [-0.3, -0.25) is 9.59 Å². The number of aromatic nitrogens is 2. The molecule has 0 aliphatic rings. The van der Waals surface area contributed by atoms with Crippen molar-refractivity contribution in [2.45, 2.75) is 39.3 Å². The number of carbonyl (C=O) groups is 2. The van der Waals surface area contributed by atoms with Crippen molar-refractivity contribution in [3.05, 3.63) is 47.0 Å². The maximum atomic E-state index is 13.7. The number of nitrogens with one attached hydrogen (secondary N) is 1. The van der Waals surface area contributed by atoms with Gasteiger partial charge in [-0.1, -0.05) is 6.92 Å².